The summed E-state index contributed by atoms with van der Waals surface area (Å²) in [6, 6.07) is 1.09. The summed E-state index contributed by atoms with van der Waals surface area (Å²) < 4.78 is 10.5. The van der Waals surface area contributed by atoms with E-state index in [9.17, 15) is 0 Å². The maximum Gasteiger partial charge on any atom is 0.322 e. The van der Waals surface area contributed by atoms with Crippen LogP contribution in [0.1, 0.15) is 0 Å². The van der Waals surface area contributed by atoms with Gasteiger partial charge in [-0.25, -0.2) is 0 Å². The summed E-state index contributed by atoms with van der Waals surface area (Å²) in [6.07, 6.45) is 0. The van der Waals surface area contributed by atoms with Crippen molar-refractivity contribution in [3.8, 4) is 0 Å². The topological polar surface area (TPSA) is 33.7 Å². The van der Waals surface area contributed by atoms with Gasteiger partial charge in [0, 0.05) is 46.4 Å². The Morgan fingerprint density at radius 3 is 2.38 bits per heavy atom. The van der Waals surface area contributed by atoms with Crippen LogP contribution >= 0.6 is 0 Å². The molecule has 0 unspecified atom stereocenters. The molecule has 1 saturated heterocycles. The van der Waals surface area contributed by atoms with Crippen LogP contribution in [-0.4, -0.2) is 61.1 Å². The molecule has 13 heavy (non-hydrogen) atoms. The molecule has 0 aromatic rings. The highest BCUT2D eigenvalue weighted by molar-refractivity contribution is 6.44. The molecule has 0 aromatic heterocycles. The summed E-state index contributed by atoms with van der Waals surface area (Å²) in [6.45, 7) is 5.68. The summed E-state index contributed by atoms with van der Waals surface area (Å²) in [5.41, 5.74) is 0. The highest BCUT2D eigenvalue weighted by atomic mass is 28.3. The molecule has 1 aliphatic rings. The fourth-order valence-electron chi connectivity index (χ4n) is 1.55. The van der Waals surface area contributed by atoms with E-state index in [1.54, 1.807) is 14.2 Å². The fourth-order valence-corrected chi connectivity index (χ4v) is 2.79. The first-order valence-electron chi connectivity index (χ1n) is 4.85. The minimum atomic E-state index is -1.33. The van der Waals surface area contributed by atoms with Crippen molar-refractivity contribution in [3.63, 3.8) is 0 Å². The standard InChI is InChI=1S/C8H20N2O2Si/c1-11-13(12-2)8-7-10-5-3-9-4-6-10/h9,13H,3-8H2,1-2H3. The van der Waals surface area contributed by atoms with Gasteiger partial charge in [0.25, 0.3) is 0 Å². The van der Waals surface area contributed by atoms with E-state index < -0.39 is 9.28 Å². The first-order chi connectivity index (χ1) is 6.36. The van der Waals surface area contributed by atoms with Crippen LogP contribution in [0.4, 0.5) is 0 Å². The van der Waals surface area contributed by atoms with Gasteiger partial charge in [-0.15, -0.1) is 0 Å². The van der Waals surface area contributed by atoms with Crippen LogP contribution in [0.5, 0.6) is 0 Å². The third kappa shape index (κ3) is 4.19. The number of hydrogen-bond acceptors (Lipinski definition) is 4. The predicted molar refractivity (Wildman–Crippen MR) is 55.3 cm³/mol. The van der Waals surface area contributed by atoms with Gasteiger partial charge in [-0.2, -0.15) is 0 Å². The van der Waals surface area contributed by atoms with E-state index in [0.717, 1.165) is 38.8 Å². The second-order valence-corrected chi connectivity index (χ2v) is 5.66. The highest BCUT2D eigenvalue weighted by Gasteiger charge is 2.14. The summed E-state index contributed by atoms with van der Waals surface area (Å²) in [5.74, 6) is 0. The molecule has 1 heterocycles. The Morgan fingerprint density at radius 2 is 1.85 bits per heavy atom. The van der Waals surface area contributed by atoms with E-state index in [4.69, 9.17) is 8.85 Å². The number of nitrogens with zero attached hydrogens (tertiary/aromatic N) is 1. The highest BCUT2D eigenvalue weighted by Crippen LogP contribution is 1.99. The molecule has 0 saturated carbocycles. The normalized spacial score (nSPS) is 19.6. The van der Waals surface area contributed by atoms with E-state index in [1.165, 1.54) is 0 Å². The van der Waals surface area contributed by atoms with Gasteiger partial charge >= 0.3 is 9.28 Å². The SMILES string of the molecule is CO[SiH](CCN1CCNCC1)OC. The molecule has 0 aliphatic carbocycles. The Balaban J connectivity index is 2.09. The van der Waals surface area contributed by atoms with E-state index in [2.05, 4.69) is 10.2 Å². The van der Waals surface area contributed by atoms with Gasteiger partial charge in [-0.3, -0.25) is 0 Å². The fraction of sp³-hybridized carbons (Fsp3) is 1.00. The molecule has 78 valence electrons. The second-order valence-electron chi connectivity index (χ2n) is 3.28. The minimum absolute atomic E-state index is 1.09. The van der Waals surface area contributed by atoms with Crippen molar-refractivity contribution < 1.29 is 8.85 Å². The Bertz CT molecular complexity index is 127. The molecule has 0 aromatic carbocycles. The Hall–Kier alpha value is 0.0569. The van der Waals surface area contributed by atoms with Crippen molar-refractivity contribution in [3.05, 3.63) is 0 Å². The Morgan fingerprint density at radius 1 is 1.23 bits per heavy atom. The van der Waals surface area contributed by atoms with Crippen molar-refractivity contribution >= 4 is 9.28 Å². The average Bonchev–Trinajstić information content (AvgIpc) is 2.21. The van der Waals surface area contributed by atoms with E-state index in [-0.39, 0.29) is 0 Å². The molecule has 1 N–H and O–H groups in total. The molecule has 0 bridgehead atoms. The zero-order valence-electron chi connectivity index (χ0n) is 8.58. The van der Waals surface area contributed by atoms with Gasteiger partial charge in [-0.05, 0) is 6.54 Å². The zero-order chi connectivity index (χ0) is 9.52. The molecule has 5 heteroatoms. The van der Waals surface area contributed by atoms with Crippen LogP contribution in [0.3, 0.4) is 0 Å². The molecule has 4 nitrogen and oxygen atoms in total. The second kappa shape index (κ2) is 6.50. The monoisotopic (exact) mass is 204 g/mol. The van der Waals surface area contributed by atoms with Crippen LogP contribution in [0.25, 0.3) is 0 Å². The summed E-state index contributed by atoms with van der Waals surface area (Å²) >= 11 is 0. The van der Waals surface area contributed by atoms with Crippen LogP contribution in [0, 0.1) is 0 Å². The maximum atomic E-state index is 5.26. The quantitative estimate of drug-likeness (QED) is 0.607. The van der Waals surface area contributed by atoms with Crippen molar-refractivity contribution in [1.82, 2.24) is 10.2 Å². The summed E-state index contributed by atoms with van der Waals surface area (Å²) in [5, 5.41) is 3.34. The van der Waals surface area contributed by atoms with E-state index >= 15 is 0 Å². The van der Waals surface area contributed by atoms with Gasteiger partial charge in [0.2, 0.25) is 0 Å². The number of rotatable bonds is 5. The molecular weight excluding hydrogens is 184 g/mol. The predicted octanol–water partition coefficient (Wildman–Crippen LogP) is -0.595. The van der Waals surface area contributed by atoms with Crippen molar-refractivity contribution in [1.29, 1.82) is 0 Å². The lowest BCUT2D eigenvalue weighted by Crippen LogP contribution is -2.44. The maximum absolute atomic E-state index is 5.26. The van der Waals surface area contributed by atoms with E-state index in [1.807, 2.05) is 0 Å². The third-order valence-electron chi connectivity index (χ3n) is 2.42. The Labute approximate surface area is 82.0 Å². The summed E-state index contributed by atoms with van der Waals surface area (Å²) in [4.78, 5) is 2.47. The lowest BCUT2D eigenvalue weighted by molar-refractivity contribution is 0.232. The molecular formula is C8H20N2O2Si. The van der Waals surface area contributed by atoms with Gasteiger partial charge in [0.15, 0.2) is 0 Å². The van der Waals surface area contributed by atoms with Crippen LogP contribution in [0.2, 0.25) is 6.04 Å². The lowest BCUT2D eigenvalue weighted by Gasteiger charge is -2.27. The number of piperazine rings is 1. The summed E-state index contributed by atoms with van der Waals surface area (Å²) in [7, 11) is 2.17. The Kier molecular flexibility index (Phi) is 5.57. The van der Waals surface area contributed by atoms with Crippen molar-refractivity contribution in [2.45, 2.75) is 6.04 Å². The number of nitrogens with one attached hydrogen (secondary N) is 1. The van der Waals surface area contributed by atoms with E-state index in [0.29, 0.717) is 0 Å². The lowest BCUT2D eigenvalue weighted by atomic mass is 10.4. The molecule has 0 spiro atoms. The molecule has 1 aliphatic heterocycles. The third-order valence-corrected chi connectivity index (χ3v) is 4.20. The van der Waals surface area contributed by atoms with Gasteiger partial charge in [0.1, 0.15) is 0 Å². The van der Waals surface area contributed by atoms with Crippen molar-refractivity contribution in [2.24, 2.45) is 0 Å². The molecule has 0 radical (unpaired) electrons. The molecule has 0 amide bonds. The van der Waals surface area contributed by atoms with Crippen molar-refractivity contribution in [2.75, 3.05) is 46.9 Å². The average molecular weight is 204 g/mol. The van der Waals surface area contributed by atoms with Crippen LogP contribution < -0.4 is 5.32 Å². The number of hydrogen-bond donors (Lipinski definition) is 1. The zero-order valence-corrected chi connectivity index (χ0v) is 9.74. The minimum Gasteiger partial charge on any atom is -0.400 e. The van der Waals surface area contributed by atoms with Gasteiger partial charge in [0.05, 0.1) is 0 Å². The first kappa shape index (κ1) is 11.1. The van der Waals surface area contributed by atoms with Crippen LogP contribution in [-0.2, 0) is 8.85 Å². The molecule has 1 rings (SSSR count). The smallest absolute Gasteiger partial charge is 0.322 e. The first-order valence-corrected chi connectivity index (χ1v) is 6.61. The molecule has 0 atom stereocenters. The van der Waals surface area contributed by atoms with Gasteiger partial charge in [-0.1, -0.05) is 0 Å². The largest absolute Gasteiger partial charge is 0.400 e. The van der Waals surface area contributed by atoms with Crippen LogP contribution in [0.15, 0.2) is 0 Å². The van der Waals surface area contributed by atoms with Gasteiger partial charge < -0.3 is 19.1 Å². The molecule has 1 fully saturated rings.